The van der Waals surface area contributed by atoms with Crippen molar-refractivity contribution in [2.45, 2.75) is 25.3 Å². The standard InChI is InChI=1S/C14H14N2O2/c15-13(17)12-8-9-4-1-2-7-11(9)14(18)16(12)10-5-3-6-10/h1-2,4,7-8,10H,3,5-6H2,(H2,15,17). The number of hydrogen-bond acceptors (Lipinski definition) is 2. The molecule has 0 saturated heterocycles. The molecule has 1 heterocycles. The van der Waals surface area contributed by atoms with Crippen LogP contribution < -0.4 is 11.3 Å². The van der Waals surface area contributed by atoms with Crippen LogP contribution in [0.5, 0.6) is 0 Å². The molecule has 92 valence electrons. The highest BCUT2D eigenvalue weighted by Crippen LogP contribution is 2.31. The van der Waals surface area contributed by atoms with Crippen molar-refractivity contribution in [2.24, 2.45) is 5.73 Å². The molecule has 0 aliphatic heterocycles. The van der Waals surface area contributed by atoms with Gasteiger partial charge in [-0.25, -0.2) is 0 Å². The van der Waals surface area contributed by atoms with Gasteiger partial charge in [-0.1, -0.05) is 18.2 Å². The number of hydrogen-bond donors (Lipinski definition) is 1. The van der Waals surface area contributed by atoms with Gasteiger partial charge in [-0.2, -0.15) is 0 Å². The summed E-state index contributed by atoms with van der Waals surface area (Å²) < 4.78 is 1.58. The fourth-order valence-corrected chi connectivity index (χ4v) is 2.47. The second kappa shape index (κ2) is 3.98. The van der Waals surface area contributed by atoms with Gasteiger partial charge in [-0.05, 0) is 36.8 Å². The number of fused-ring (bicyclic) bond motifs is 1. The van der Waals surface area contributed by atoms with E-state index < -0.39 is 5.91 Å². The van der Waals surface area contributed by atoms with E-state index in [0.29, 0.717) is 11.1 Å². The number of rotatable bonds is 2. The van der Waals surface area contributed by atoms with Gasteiger partial charge in [0, 0.05) is 11.4 Å². The first-order valence-corrected chi connectivity index (χ1v) is 6.12. The molecule has 4 heteroatoms. The molecule has 1 aliphatic rings. The van der Waals surface area contributed by atoms with Gasteiger partial charge in [-0.3, -0.25) is 9.59 Å². The summed E-state index contributed by atoms with van der Waals surface area (Å²) in [7, 11) is 0. The number of nitrogens with two attached hydrogens (primary N) is 1. The second-order valence-corrected chi connectivity index (χ2v) is 4.74. The zero-order chi connectivity index (χ0) is 12.7. The molecule has 0 atom stereocenters. The average molecular weight is 242 g/mol. The third-order valence-electron chi connectivity index (χ3n) is 3.65. The second-order valence-electron chi connectivity index (χ2n) is 4.74. The Balaban J connectivity index is 2.36. The monoisotopic (exact) mass is 242 g/mol. The van der Waals surface area contributed by atoms with E-state index in [1.165, 1.54) is 0 Å². The van der Waals surface area contributed by atoms with Crippen LogP contribution in [0.3, 0.4) is 0 Å². The number of carbonyl (C=O) groups is 1. The summed E-state index contributed by atoms with van der Waals surface area (Å²) in [6, 6.07) is 9.15. The average Bonchev–Trinajstić information content (AvgIpc) is 2.30. The number of amides is 1. The van der Waals surface area contributed by atoms with Gasteiger partial charge in [0.25, 0.3) is 11.5 Å². The van der Waals surface area contributed by atoms with E-state index >= 15 is 0 Å². The topological polar surface area (TPSA) is 65.1 Å². The first kappa shape index (κ1) is 11.0. The molecule has 1 amide bonds. The molecule has 0 unspecified atom stereocenters. The van der Waals surface area contributed by atoms with Crippen molar-refractivity contribution in [1.82, 2.24) is 4.57 Å². The third-order valence-corrected chi connectivity index (χ3v) is 3.65. The number of primary amides is 1. The number of carbonyl (C=O) groups excluding carboxylic acids is 1. The molecule has 2 N–H and O–H groups in total. The van der Waals surface area contributed by atoms with Crippen LogP contribution in [0.1, 0.15) is 35.8 Å². The Labute approximate surface area is 104 Å². The number of benzene rings is 1. The summed E-state index contributed by atoms with van der Waals surface area (Å²) in [4.78, 5) is 24.0. The first-order chi connectivity index (χ1) is 8.68. The van der Waals surface area contributed by atoms with Crippen molar-refractivity contribution in [3.8, 4) is 0 Å². The van der Waals surface area contributed by atoms with E-state index in [9.17, 15) is 9.59 Å². The maximum absolute atomic E-state index is 12.4. The fourth-order valence-electron chi connectivity index (χ4n) is 2.47. The Morgan fingerprint density at radius 3 is 2.61 bits per heavy atom. The number of nitrogens with zero attached hydrogens (tertiary/aromatic N) is 1. The summed E-state index contributed by atoms with van der Waals surface area (Å²) in [5.41, 5.74) is 5.61. The largest absolute Gasteiger partial charge is 0.364 e. The third kappa shape index (κ3) is 1.53. The lowest BCUT2D eigenvalue weighted by atomic mass is 9.92. The van der Waals surface area contributed by atoms with Crippen molar-refractivity contribution in [2.75, 3.05) is 0 Å². The Kier molecular flexibility index (Phi) is 2.44. The van der Waals surface area contributed by atoms with E-state index in [1.54, 1.807) is 16.7 Å². The molecule has 3 rings (SSSR count). The molecule has 1 fully saturated rings. The van der Waals surface area contributed by atoms with E-state index in [2.05, 4.69) is 0 Å². The van der Waals surface area contributed by atoms with Crippen molar-refractivity contribution in [3.05, 3.63) is 46.4 Å². The van der Waals surface area contributed by atoms with Gasteiger partial charge in [0.2, 0.25) is 0 Å². The molecular formula is C14H14N2O2. The van der Waals surface area contributed by atoms with Crippen molar-refractivity contribution >= 4 is 16.7 Å². The van der Waals surface area contributed by atoms with Crippen molar-refractivity contribution < 1.29 is 4.79 Å². The van der Waals surface area contributed by atoms with Crippen LogP contribution in [-0.4, -0.2) is 10.5 Å². The van der Waals surface area contributed by atoms with Crippen LogP contribution in [0.15, 0.2) is 35.1 Å². The van der Waals surface area contributed by atoms with Gasteiger partial charge in [0.1, 0.15) is 5.69 Å². The molecule has 4 nitrogen and oxygen atoms in total. The first-order valence-electron chi connectivity index (χ1n) is 6.12. The van der Waals surface area contributed by atoms with E-state index in [-0.39, 0.29) is 11.6 Å². The Bertz CT molecular complexity index is 684. The van der Waals surface area contributed by atoms with Gasteiger partial charge in [0.15, 0.2) is 0 Å². The van der Waals surface area contributed by atoms with Gasteiger partial charge in [-0.15, -0.1) is 0 Å². The van der Waals surface area contributed by atoms with Crippen LogP contribution in [-0.2, 0) is 0 Å². The maximum atomic E-state index is 12.4. The predicted octanol–water partition coefficient (Wildman–Crippen LogP) is 1.83. The van der Waals surface area contributed by atoms with Crippen molar-refractivity contribution in [3.63, 3.8) is 0 Å². The highest BCUT2D eigenvalue weighted by atomic mass is 16.2. The van der Waals surface area contributed by atoms with Crippen LogP contribution in [0.4, 0.5) is 0 Å². The number of pyridine rings is 1. The highest BCUT2D eigenvalue weighted by molar-refractivity contribution is 5.95. The van der Waals surface area contributed by atoms with Crippen LogP contribution in [0.2, 0.25) is 0 Å². The van der Waals surface area contributed by atoms with E-state index in [0.717, 1.165) is 24.6 Å². The Morgan fingerprint density at radius 2 is 2.00 bits per heavy atom. The fraction of sp³-hybridized carbons (Fsp3) is 0.286. The predicted molar refractivity (Wildman–Crippen MR) is 69.6 cm³/mol. The van der Waals surface area contributed by atoms with Gasteiger partial charge in [0.05, 0.1) is 0 Å². The molecule has 2 aromatic rings. The van der Waals surface area contributed by atoms with Gasteiger partial charge >= 0.3 is 0 Å². The minimum absolute atomic E-state index is 0.105. The maximum Gasteiger partial charge on any atom is 0.265 e. The van der Waals surface area contributed by atoms with Gasteiger partial charge < -0.3 is 10.3 Å². The summed E-state index contributed by atoms with van der Waals surface area (Å²) in [5.74, 6) is -0.537. The summed E-state index contributed by atoms with van der Waals surface area (Å²) in [5, 5.41) is 1.42. The molecule has 0 bridgehead atoms. The Morgan fingerprint density at radius 1 is 1.28 bits per heavy atom. The molecule has 0 radical (unpaired) electrons. The lowest BCUT2D eigenvalue weighted by molar-refractivity contribution is 0.0984. The molecule has 18 heavy (non-hydrogen) atoms. The molecule has 1 aliphatic carbocycles. The van der Waals surface area contributed by atoms with Crippen LogP contribution in [0, 0.1) is 0 Å². The van der Waals surface area contributed by atoms with Crippen LogP contribution >= 0.6 is 0 Å². The van der Waals surface area contributed by atoms with Crippen molar-refractivity contribution in [1.29, 1.82) is 0 Å². The summed E-state index contributed by atoms with van der Waals surface area (Å²) in [6.45, 7) is 0. The lowest BCUT2D eigenvalue weighted by Crippen LogP contribution is -2.34. The Hall–Kier alpha value is -2.10. The summed E-state index contributed by atoms with van der Waals surface area (Å²) >= 11 is 0. The summed E-state index contributed by atoms with van der Waals surface area (Å²) in [6.07, 6.45) is 2.99. The zero-order valence-corrected chi connectivity index (χ0v) is 9.93. The lowest BCUT2D eigenvalue weighted by Gasteiger charge is -2.29. The molecule has 0 spiro atoms. The molecular weight excluding hydrogens is 228 g/mol. The molecule has 1 aromatic carbocycles. The normalized spacial score (nSPS) is 15.6. The quantitative estimate of drug-likeness (QED) is 0.873. The number of aromatic nitrogens is 1. The molecule has 1 aromatic heterocycles. The van der Waals surface area contributed by atoms with Crippen LogP contribution in [0.25, 0.3) is 10.8 Å². The molecule has 1 saturated carbocycles. The minimum atomic E-state index is -0.537. The smallest absolute Gasteiger partial charge is 0.265 e. The minimum Gasteiger partial charge on any atom is -0.364 e. The highest BCUT2D eigenvalue weighted by Gasteiger charge is 2.25. The zero-order valence-electron chi connectivity index (χ0n) is 9.93. The van der Waals surface area contributed by atoms with E-state index in [4.69, 9.17) is 5.73 Å². The SMILES string of the molecule is NC(=O)c1cc2ccccc2c(=O)n1C1CCC1. The van der Waals surface area contributed by atoms with E-state index in [1.807, 2.05) is 18.2 Å².